The lowest BCUT2D eigenvalue weighted by atomic mass is 10.0. The van der Waals surface area contributed by atoms with E-state index in [-0.39, 0.29) is 40.7 Å². The largest absolute Gasteiger partial charge is 0.477 e. The number of hydrogen-bond donors (Lipinski definition) is 0. The summed E-state index contributed by atoms with van der Waals surface area (Å²) in [5.74, 6) is -0.0878. The second kappa shape index (κ2) is 6.13. The van der Waals surface area contributed by atoms with Gasteiger partial charge in [-0.05, 0) is 6.92 Å². The van der Waals surface area contributed by atoms with E-state index < -0.39 is 0 Å². The highest BCUT2D eigenvalue weighted by Gasteiger charge is 2.20. The zero-order valence-corrected chi connectivity index (χ0v) is 13.0. The average molecular weight is 309 g/mol. The third-order valence-electron chi connectivity index (χ3n) is 3.00. The molecule has 2 aromatic heterocycles. The molecule has 21 heavy (non-hydrogen) atoms. The summed E-state index contributed by atoms with van der Waals surface area (Å²) < 4.78 is 10.1. The van der Waals surface area contributed by atoms with Crippen molar-refractivity contribution in [1.29, 1.82) is 0 Å². The van der Waals surface area contributed by atoms with Crippen LogP contribution in [0.15, 0.2) is 0 Å². The maximum Gasteiger partial charge on any atom is 0.279 e. The fourth-order valence-electron chi connectivity index (χ4n) is 1.63. The van der Waals surface area contributed by atoms with E-state index in [4.69, 9.17) is 9.47 Å². The summed E-state index contributed by atoms with van der Waals surface area (Å²) >= 11 is 1.13. The number of methoxy groups -OCH3 is 2. The smallest absolute Gasteiger partial charge is 0.279 e. The van der Waals surface area contributed by atoms with Crippen LogP contribution in [0.4, 0.5) is 0 Å². The number of carbonyl (C=O) groups excluding carboxylic acids is 2. The second-order valence-corrected chi connectivity index (χ2v) is 5.51. The Bertz CT molecular complexity index is 657. The van der Waals surface area contributed by atoms with Crippen molar-refractivity contribution >= 4 is 33.4 Å². The summed E-state index contributed by atoms with van der Waals surface area (Å²) in [4.78, 5) is 36.3. The number of ether oxygens (including phenoxy) is 2. The van der Waals surface area contributed by atoms with Gasteiger partial charge in [-0.15, -0.1) is 0 Å². The first-order valence-corrected chi connectivity index (χ1v) is 7.08. The lowest BCUT2D eigenvalue weighted by Crippen LogP contribution is -2.12. The Morgan fingerprint density at radius 3 is 2.33 bits per heavy atom. The highest BCUT2D eigenvalue weighted by atomic mass is 32.1. The number of fused-ring (bicyclic) bond motifs is 1. The topological polar surface area (TPSA) is 91.3 Å². The number of nitrogens with zero attached hydrogens (tertiary/aromatic N) is 3. The molecule has 0 radical (unpaired) electrons. The quantitative estimate of drug-likeness (QED) is 0.752. The molecule has 0 aromatic carbocycles. The van der Waals surface area contributed by atoms with Crippen molar-refractivity contribution in [3.05, 3.63) is 5.01 Å². The van der Waals surface area contributed by atoms with Crippen molar-refractivity contribution in [2.45, 2.75) is 20.3 Å². The fourth-order valence-corrected chi connectivity index (χ4v) is 2.45. The van der Waals surface area contributed by atoms with Crippen LogP contribution in [-0.2, 0) is 4.79 Å². The minimum absolute atomic E-state index is 0.0240. The van der Waals surface area contributed by atoms with Crippen LogP contribution in [0.25, 0.3) is 10.5 Å². The van der Waals surface area contributed by atoms with Gasteiger partial charge in [-0.1, -0.05) is 18.3 Å². The van der Waals surface area contributed by atoms with Gasteiger partial charge >= 0.3 is 0 Å². The molecule has 0 saturated heterocycles. The molecule has 1 unspecified atom stereocenters. The second-order valence-electron chi connectivity index (χ2n) is 4.53. The van der Waals surface area contributed by atoms with E-state index in [9.17, 15) is 9.59 Å². The molecule has 0 N–H and O–H groups in total. The van der Waals surface area contributed by atoms with Crippen LogP contribution in [0.2, 0.25) is 0 Å². The van der Waals surface area contributed by atoms with Gasteiger partial charge in [-0.3, -0.25) is 9.59 Å². The molecule has 8 heteroatoms. The van der Waals surface area contributed by atoms with Gasteiger partial charge in [0.05, 0.1) is 14.2 Å². The molecule has 0 amide bonds. The number of ketones is 2. The summed E-state index contributed by atoms with van der Waals surface area (Å²) in [6.07, 6.45) is 0.128. The summed E-state index contributed by atoms with van der Waals surface area (Å²) in [6.45, 7) is 3.19. The highest BCUT2D eigenvalue weighted by Crippen LogP contribution is 2.28. The number of thiazole rings is 1. The van der Waals surface area contributed by atoms with Gasteiger partial charge in [0, 0.05) is 12.3 Å². The Balaban J connectivity index is 2.34. The van der Waals surface area contributed by atoms with Crippen LogP contribution in [0.3, 0.4) is 0 Å². The Morgan fingerprint density at radius 2 is 1.76 bits per heavy atom. The van der Waals surface area contributed by atoms with E-state index in [0.29, 0.717) is 10.5 Å². The van der Waals surface area contributed by atoms with Crippen molar-refractivity contribution in [2.24, 2.45) is 5.92 Å². The number of hydrogen-bond acceptors (Lipinski definition) is 8. The molecule has 2 rings (SSSR count). The van der Waals surface area contributed by atoms with Gasteiger partial charge in [0.15, 0.2) is 21.3 Å². The molecule has 0 bridgehead atoms. The molecule has 2 heterocycles. The minimum atomic E-state index is -0.325. The summed E-state index contributed by atoms with van der Waals surface area (Å²) in [5.41, 5.74) is 0.330. The van der Waals surface area contributed by atoms with Crippen molar-refractivity contribution in [3.8, 4) is 11.8 Å². The van der Waals surface area contributed by atoms with Gasteiger partial charge in [0.1, 0.15) is 5.78 Å². The number of Topliss-reactive ketones (excluding diaryl/α,β-unsaturated/α-hetero) is 2. The average Bonchev–Trinajstić information content (AvgIpc) is 2.88. The standard InChI is InChI=1S/C13H15N3O4S/c1-6(7(2)17)5-8(18)12-15-9-13(21-12)16-11(20-4)10(14-9)19-3/h6H,5H2,1-4H3. The molecule has 7 nitrogen and oxygen atoms in total. The van der Waals surface area contributed by atoms with Crippen LogP contribution in [0.5, 0.6) is 11.8 Å². The van der Waals surface area contributed by atoms with Crippen molar-refractivity contribution in [2.75, 3.05) is 14.2 Å². The van der Waals surface area contributed by atoms with Gasteiger partial charge in [-0.25, -0.2) is 4.98 Å². The van der Waals surface area contributed by atoms with Crippen LogP contribution in [0, 0.1) is 5.92 Å². The normalized spacial score (nSPS) is 12.2. The van der Waals surface area contributed by atoms with Crippen molar-refractivity contribution < 1.29 is 19.1 Å². The Morgan fingerprint density at radius 1 is 1.14 bits per heavy atom. The SMILES string of the molecule is COc1nc2nc(C(=O)CC(C)C(C)=O)sc2nc1OC. The van der Waals surface area contributed by atoms with E-state index in [2.05, 4.69) is 15.0 Å². The van der Waals surface area contributed by atoms with Crippen LogP contribution in [0.1, 0.15) is 30.1 Å². The predicted octanol–water partition coefficient (Wildman–Crippen LogP) is 1.90. The number of rotatable bonds is 6. The van der Waals surface area contributed by atoms with Crippen molar-refractivity contribution in [3.63, 3.8) is 0 Å². The molecule has 0 spiro atoms. The molecule has 0 aliphatic carbocycles. The monoisotopic (exact) mass is 309 g/mol. The van der Waals surface area contributed by atoms with Crippen molar-refractivity contribution in [1.82, 2.24) is 15.0 Å². The van der Waals surface area contributed by atoms with E-state index in [1.807, 2.05) is 0 Å². The molecular formula is C13H15N3O4S. The number of carbonyl (C=O) groups is 2. The van der Waals surface area contributed by atoms with E-state index in [1.165, 1.54) is 21.1 Å². The molecule has 2 aromatic rings. The Kier molecular flexibility index (Phi) is 4.46. The van der Waals surface area contributed by atoms with Crippen LogP contribution in [-0.4, -0.2) is 40.7 Å². The zero-order chi connectivity index (χ0) is 15.6. The summed E-state index contributed by atoms with van der Waals surface area (Å²) in [5, 5.41) is 0.286. The van der Waals surface area contributed by atoms with Crippen LogP contribution < -0.4 is 9.47 Å². The molecular weight excluding hydrogens is 294 g/mol. The maximum absolute atomic E-state index is 12.1. The van der Waals surface area contributed by atoms with Gasteiger partial charge in [0.2, 0.25) is 0 Å². The number of aromatic nitrogens is 3. The molecule has 0 fully saturated rings. The molecule has 1 atom stereocenters. The lowest BCUT2D eigenvalue weighted by molar-refractivity contribution is -0.120. The van der Waals surface area contributed by atoms with Gasteiger partial charge < -0.3 is 9.47 Å². The Hall–Kier alpha value is -2.09. The molecule has 0 aliphatic rings. The van der Waals surface area contributed by atoms with Crippen LogP contribution >= 0.6 is 11.3 Å². The lowest BCUT2D eigenvalue weighted by Gasteiger charge is -2.03. The van der Waals surface area contributed by atoms with Gasteiger partial charge in [0.25, 0.3) is 11.8 Å². The minimum Gasteiger partial charge on any atom is -0.477 e. The first kappa shape index (κ1) is 15.3. The van der Waals surface area contributed by atoms with Gasteiger partial charge in [-0.2, -0.15) is 9.97 Å². The molecule has 0 aliphatic heterocycles. The predicted molar refractivity (Wildman–Crippen MR) is 77.1 cm³/mol. The third kappa shape index (κ3) is 3.15. The van der Waals surface area contributed by atoms with E-state index in [1.54, 1.807) is 6.92 Å². The first-order chi connectivity index (χ1) is 9.96. The fraction of sp³-hybridized carbons (Fsp3) is 0.462. The van der Waals surface area contributed by atoms with E-state index in [0.717, 1.165) is 11.3 Å². The Labute approximate surface area is 125 Å². The maximum atomic E-state index is 12.1. The highest BCUT2D eigenvalue weighted by molar-refractivity contribution is 7.19. The zero-order valence-electron chi connectivity index (χ0n) is 12.2. The summed E-state index contributed by atoms with van der Waals surface area (Å²) in [6, 6.07) is 0. The molecule has 0 saturated carbocycles. The third-order valence-corrected chi connectivity index (χ3v) is 3.98. The summed E-state index contributed by atoms with van der Waals surface area (Å²) in [7, 11) is 2.91. The first-order valence-electron chi connectivity index (χ1n) is 6.26. The van der Waals surface area contributed by atoms with E-state index >= 15 is 0 Å². The molecule has 112 valence electrons.